The maximum Gasteiger partial charge on any atom is 0.339 e. The maximum atomic E-state index is 14.0. The van der Waals surface area contributed by atoms with Gasteiger partial charge in [-0.1, -0.05) is 64.5 Å². The molecule has 10 nitrogen and oxygen atoms in total. The molecule has 12 heteroatoms. The SMILES string of the molecule is Cc1ccccc1/C=C/c1cc(C(=O)OCC(=O)Nc2sc3c(c2C(=O)Nc2c(C)n(C)n(-c4ccccc4)c2=O)CCCC3)c2cc(Br)ccc2n1. The quantitative estimate of drug-likeness (QED) is 0.142. The van der Waals surface area contributed by atoms with Crippen LogP contribution in [0, 0.1) is 13.8 Å². The van der Waals surface area contributed by atoms with Crippen molar-refractivity contribution in [2.45, 2.75) is 39.5 Å². The number of nitrogens with zero attached hydrogens (tertiary/aromatic N) is 3. The zero-order chi connectivity index (χ0) is 37.2. The van der Waals surface area contributed by atoms with Gasteiger partial charge in [-0.15, -0.1) is 11.3 Å². The highest BCUT2D eigenvalue weighted by Crippen LogP contribution is 2.39. The van der Waals surface area contributed by atoms with Gasteiger partial charge in [0.1, 0.15) is 10.7 Å². The molecule has 0 spiro atoms. The van der Waals surface area contributed by atoms with Gasteiger partial charge >= 0.3 is 5.97 Å². The molecule has 6 aromatic rings. The van der Waals surface area contributed by atoms with Crippen LogP contribution in [0.1, 0.15) is 66.5 Å². The number of anilines is 2. The number of carbonyl (C=O) groups is 3. The van der Waals surface area contributed by atoms with Gasteiger partial charge in [0.05, 0.1) is 33.7 Å². The number of aryl methyl sites for hydroxylation is 2. The standard InChI is InChI=1S/C41H36BrN5O5S/c1-24-11-7-8-12-26(24)17-19-28-22-32(31-21-27(42)18-20-33(31)43-28)41(51)52-23-35(48)44-39-36(30-15-9-10-16-34(30)53-39)38(49)45-37-25(2)46(3)47(40(37)50)29-13-5-4-6-14-29/h4-8,11-14,17-22H,9-10,15-16,23H2,1-3H3,(H,44,48)(H,45,49)/b19-17+. The minimum absolute atomic E-state index is 0.160. The number of nitrogens with one attached hydrogen (secondary N) is 2. The fourth-order valence-electron chi connectivity index (χ4n) is 6.58. The number of ether oxygens (including phenoxy) is 1. The lowest BCUT2D eigenvalue weighted by Gasteiger charge is -2.13. The van der Waals surface area contributed by atoms with Gasteiger partial charge in [0.2, 0.25) is 0 Å². The summed E-state index contributed by atoms with van der Waals surface area (Å²) >= 11 is 4.82. The summed E-state index contributed by atoms with van der Waals surface area (Å²) in [5.41, 5.74) is 5.79. The number of rotatable bonds is 9. The highest BCUT2D eigenvalue weighted by atomic mass is 79.9. The van der Waals surface area contributed by atoms with Gasteiger partial charge in [-0.05, 0) is 98.7 Å². The number of carbonyl (C=O) groups excluding carboxylic acids is 3. The number of esters is 1. The number of hydrogen-bond acceptors (Lipinski definition) is 7. The Labute approximate surface area is 318 Å². The number of thiophene rings is 1. The van der Waals surface area contributed by atoms with Gasteiger partial charge in [0.15, 0.2) is 6.61 Å². The first-order valence-electron chi connectivity index (χ1n) is 17.2. The van der Waals surface area contributed by atoms with E-state index in [9.17, 15) is 19.2 Å². The molecule has 0 fully saturated rings. The Bertz CT molecular complexity index is 2500. The van der Waals surface area contributed by atoms with Crippen LogP contribution in [-0.4, -0.2) is 38.7 Å². The van der Waals surface area contributed by atoms with Crippen molar-refractivity contribution in [2.75, 3.05) is 17.2 Å². The number of hydrogen-bond donors (Lipinski definition) is 2. The molecular weight excluding hydrogens is 754 g/mol. The van der Waals surface area contributed by atoms with E-state index in [2.05, 4.69) is 26.6 Å². The molecule has 0 unspecified atom stereocenters. The summed E-state index contributed by atoms with van der Waals surface area (Å²) in [4.78, 5) is 60.3. The Morgan fingerprint density at radius 1 is 0.943 bits per heavy atom. The van der Waals surface area contributed by atoms with E-state index in [-0.39, 0.29) is 16.8 Å². The first-order valence-corrected chi connectivity index (χ1v) is 18.8. The Kier molecular flexibility index (Phi) is 10.3. The van der Waals surface area contributed by atoms with E-state index >= 15 is 0 Å². The normalized spacial score (nSPS) is 12.5. The fraction of sp³-hybridized carbons (Fsp3) is 0.195. The Hall–Kier alpha value is -5.59. The molecule has 3 aromatic heterocycles. The van der Waals surface area contributed by atoms with E-state index in [0.29, 0.717) is 45.0 Å². The average molecular weight is 791 g/mol. The first-order chi connectivity index (χ1) is 25.6. The van der Waals surface area contributed by atoms with Gasteiger partial charge in [0, 0.05) is 21.8 Å². The second-order valence-electron chi connectivity index (χ2n) is 12.9. The van der Waals surface area contributed by atoms with Crippen LogP contribution in [0.2, 0.25) is 0 Å². The molecule has 0 saturated heterocycles. The van der Waals surface area contributed by atoms with Crippen LogP contribution in [0.5, 0.6) is 0 Å². The molecule has 3 aromatic carbocycles. The molecule has 3 heterocycles. The highest BCUT2D eigenvalue weighted by Gasteiger charge is 2.29. The molecule has 268 valence electrons. The largest absolute Gasteiger partial charge is 0.452 e. The van der Waals surface area contributed by atoms with Gasteiger partial charge in [-0.2, -0.15) is 0 Å². The molecule has 0 radical (unpaired) electrons. The minimum Gasteiger partial charge on any atom is -0.452 e. The summed E-state index contributed by atoms with van der Waals surface area (Å²) in [7, 11) is 1.76. The number of halogens is 1. The smallest absolute Gasteiger partial charge is 0.339 e. The monoisotopic (exact) mass is 789 g/mol. The third-order valence-corrected chi connectivity index (χ3v) is 11.1. The Balaban J connectivity index is 1.11. The highest BCUT2D eigenvalue weighted by molar-refractivity contribution is 9.10. The molecule has 1 aliphatic rings. The van der Waals surface area contributed by atoms with Crippen molar-refractivity contribution in [3.63, 3.8) is 0 Å². The zero-order valence-corrected chi connectivity index (χ0v) is 31.8. The number of amides is 2. The van der Waals surface area contributed by atoms with Crippen molar-refractivity contribution in [3.8, 4) is 5.69 Å². The van der Waals surface area contributed by atoms with Crippen LogP contribution in [0.15, 0.2) is 88.1 Å². The molecule has 2 amide bonds. The van der Waals surface area contributed by atoms with Gasteiger partial charge < -0.3 is 15.4 Å². The molecule has 0 saturated carbocycles. The predicted molar refractivity (Wildman–Crippen MR) is 213 cm³/mol. The minimum atomic E-state index is -0.686. The second-order valence-corrected chi connectivity index (χ2v) is 14.9. The molecule has 0 aliphatic heterocycles. The van der Waals surface area contributed by atoms with Crippen LogP contribution in [-0.2, 0) is 29.4 Å². The van der Waals surface area contributed by atoms with Gasteiger partial charge in [0.25, 0.3) is 17.4 Å². The van der Waals surface area contributed by atoms with E-state index in [1.165, 1.54) is 16.0 Å². The third kappa shape index (κ3) is 7.37. The summed E-state index contributed by atoms with van der Waals surface area (Å²) < 4.78 is 9.53. The number of pyridine rings is 1. The van der Waals surface area contributed by atoms with Crippen molar-refractivity contribution in [1.29, 1.82) is 0 Å². The molecular formula is C41H36BrN5O5S. The van der Waals surface area contributed by atoms with Crippen LogP contribution in [0.3, 0.4) is 0 Å². The second kappa shape index (κ2) is 15.2. The van der Waals surface area contributed by atoms with E-state index in [1.807, 2.05) is 85.8 Å². The average Bonchev–Trinajstić information content (AvgIpc) is 3.62. The first kappa shape index (κ1) is 35.8. The van der Waals surface area contributed by atoms with E-state index in [4.69, 9.17) is 9.72 Å². The van der Waals surface area contributed by atoms with Gasteiger partial charge in [-0.3, -0.25) is 19.1 Å². The molecule has 0 atom stereocenters. The summed E-state index contributed by atoms with van der Waals surface area (Å²) in [5, 5.41) is 6.63. The van der Waals surface area contributed by atoms with Gasteiger partial charge in [-0.25, -0.2) is 14.5 Å². The Morgan fingerprint density at radius 2 is 1.70 bits per heavy atom. The third-order valence-electron chi connectivity index (χ3n) is 9.41. The van der Waals surface area contributed by atoms with Crippen molar-refractivity contribution in [3.05, 3.63) is 138 Å². The molecule has 0 bridgehead atoms. The number of para-hydroxylation sites is 1. The number of benzene rings is 3. The van der Waals surface area contributed by atoms with Crippen LogP contribution in [0.25, 0.3) is 28.7 Å². The summed E-state index contributed by atoms with van der Waals surface area (Å²) in [6.07, 6.45) is 7.10. The molecule has 1 aliphatic carbocycles. The Morgan fingerprint density at radius 3 is 2.49 bits per heavy atom. The maximum absolute atomic E-state index is 14.0. The van der Waals surface area contributed by atoms with Crippen molar-refractivity contribution < 1.29 is 19.1 Å². The zero-order valence-electron chi connectivity index (χ0n) is 29.4. The lowest BCUT2D eigenvalue weighted by atomic mass is 9.95. The lowest BCUT2D eigenvalue weighted by Crippen LogP contribution is -2.25. The van der Waals surface area contributed by atoms with Crippen molar-refractivity contribution in [2.24, 2.45) is 7.05 Å². The van der Waals surface area contributed by atoms with E-state index < -0.39 is 24.4 Å². The molecule has 2 N–H and O–H groups in total. The van der Waals surface area contributed by atoms with Crippen LogP contribution < -0.4 is 16.2 Å². The summed E-state index contributed by atoms with van der Waals surface area (Å²) in [5.74, 6) is -1.76. The van der Waals surface area contributed by atoms with E-state index in [0.717, 1.165) is 45.3 Å². The molecule has 7 rings (SSSR count). The number of aromatic nitrogens is 3. The van der Waals surface area contributed by atoms with Crippen molar-refractivity contribution in [1.82, 2.24) is 14.3 Å². The predicted octanol–water partition coefficient (Wildman–Crippen LogP) is 8.26. The van der Waals surface area contributed by atoms with E-state index in [1.54, 1.807) is 30.8 Å². The molecule has 53 heavy (non-hydrogen) atoms. The van der Waals surface area contributed by atoms with Crippen molar-refractivity contribution >= 4 is 78.8 Å². The topological polar surface area (TPSA) is 124 Å². The lowest BCUT2D eigenvalue weighted by molar-refractivity contribution is -0.119. The van der Waals surface area contributed by atoms with Crippen LogP contribution >= 0.6 is 27.3 Å². The van der Waals surface area contributed by atoms with Crippen LogP contribution in [0.4, 0.5) is 10.7 Å². The summed E-state index contributed by atoms with van der Waals surface area (Å²) in [6.45, 7) is 3.21. The fourth-order valence-corrected chi connectivity index (χ4v) is 8.24. The summed E-state index contributed by atoms with van der Waals surface area (Å²) in [6, 6.07) is 24.2. The number of fused-ring (bicyclic) bond motifs is 2.